The lowest BCUT2D eigenvalue weighted by Crippen LogP contribution is -2.35. The number of fused-ring (bicyclic) bond motifs is 1. The lowest BCUT2D eigenvalue weighted by molar-refractivity contribution is 0.277. The Morgan fingerprint density at radius 2 is 2.04 bits per heavy atom. The van der Waals surface area contributed by atoms with Crippen molar-refractivity contribution >= 4 is 32.5 Å². The molecule has 3 N–H and O–H groups in total. The summed E-state index contributed by atoms with van der Waals surface area (Å²) in [6.45, 7) is 2.99. The number of rotatable bonds is 3. The van der Waals surface area contributed by atoms with Gasteiger partial charge in [0.05, 0.1) is 4.91 Å². The van der Waals surface area contributed by atoms with Crippen LogP contribution in [-0.4, -0.2) is 42.6 Å². The number of alkyl halides is 1. The molecule has 9 heteroatoms. The zero-order chi connectivity index (χ0) is 19.2. The number of nitrogens with two attached hydrogens (primary N) is 1. The molecular formula is C18H22FN5O2S. The molecule has 0 aromatic carbocycles. The van der Waals surface area contributed by atoms with Gasteiger partial charge in [0.25, 0.3) is 0 Å². The van der Waals surface area contributed by atoms with E-state index in [1.165, 1.54) is 6.33 Å². The molecule has 7 nitrogen and oxygen atoms in total. The molecule has 0 radical (unpaired) electrons. The van der Waals surface area contributed by atoms with Gasteiger partial charge in [-0.05, 0) is 31.3 Å². The van der Waals surface area contributed by atoms with Crippen molar-refractivity contribution in [2.75, 3.05) is 23.7 Å². The van der Waals surface area contributed by atoms with Crippen molar-refractivity contribution in [2.24, 2.45) is 5.92 Å². The Bertz CT molecular complexity index is 1040. The summed E-state index contributed by atoms with van der Waals surface area (Å²) < 4.78 is 39.9. The second kappa shape index (κ2) is 6.63. The first-order chi connectivity index (χ1) is 12.9. The van der Waals surface area contributed by atoms with Gasteiger partial charge >= 0.3 is 0 Å². The first kappa shape index (κ1) is 18.0. The zero-order valence-corrected chi connectivity index (χ0v) is 15.8. The fourth-order valence-electron chi connectivity index (χ4n) is 3.65. The summed E-state index contributed by atoms with van der Waals surface area (Å²) in [5.41, 5.74) is 6.81. The topological polar surface area (TPSA) is 105 Å². The Morgan fingerprint density at radius 3 is 2.74 bits per heavy atom. The third kappa shape index (κ3) is 3.09. The first-order valence-electron chi connectivity index (χ1n) is 9.02. The maximum atomic E-state index is 13.5. The number of anilines is 2. The predicted octanol–water partition coefficient (Wildman–Crippen LogP) is 2.73. The highest BCUT2D eigenvalue weighted by molar-refractivity contribution is 7.95. The van der Waals surface area contributed by atoms with Crippen molar-refractivity contribution in [1.29, 1.82) is 0 Å². The number of nitrogens with zero attached hydrogens (tertiary/aromatic N) is 3. The SMILES string of the molecule is CC1C=C(S(=O)(=O)c2c(N)[nH]c3c(N4CCC(F)CC4)ncnc23)C=CC1. The zero-order valence-electron chi connectivity index (χ0n) is 15.0. The maximum absolute atomic E-state index is 13.5. The maximum Gasteiger partial charge on any atom is 0.212 e. The van der Waals surface area contributed by atoms with Gasteiger partial charge in [-0.1, -0.05) is 19.1 Å². The molecule has 1 aliphatic heterocycles. The van der Waals surface area contributed by atoms with Crippen molar-refractivity contribution in [3.05, 3.63) is 29.5 Å². The van der Waals surface area contributed by atoms with Gasteiger partial charge in [-0.15, -0.1) is 0 Å². The summed E-state index contributed by atoms with van der Waals surface area (Å²) in [6.07, 6.45) is 7.37. The quantitative estimate of drug-likeness (QED) is 0.833. The Morgan fingerprint density at radius 1 is 1.30 bits per heavy atom. The predicted molar refractivity (Wildman–Crippen MR) is 103 cm³/mol. The standard InChI is InChI=1S/C18H22FN5O2S/c1-11-3-2-4-13(9-11)27(25,26)16-14-15(23-17(16)20)18(22-10-21-14)24-7-5-12(19)6-8-24/h2,4,9-12,23H,3,5-8,20H2,1H3. The van der Waals surface area contributed by atoms with Crippen LogP contribution in [0.3, 0.4) is 0 Å². The minimum absolute atomic E-state index is 0.0217. The van der Waals surface area contributed by atoms with E-state index in [2.05, 4.69) is 15.0 Å². The number of aromatic amines is 1. The van der Waals surface area contributed by atoms with Crippen LogP contribution in [-0.2, 0) is 9.84 Å². The van der Waals surface area contributed by atoms with Gasteiger partial charge in [-0.2, -0.15) is 0 Å². The van der Waals surface area contributed by atoms with E-state index in [9.17, 15) is 12.8 Å². The molecule has 2 aliphatic rings. The Hall–Kier alpha value is -2.42. The molecule has 144 valence electrons. The molecule has 1 fully saturated rings. The van der Waals surface area contributed by atoms with Crippen molar-refractivity contribution < 1.29 is 12.8 Å². The number of piperidine rings is 1. The van der Waals surface area contributed by atoms with E-state index >= 15 is 0 Å². The fourth-order valence-corrected chi connectivity index (χ4v) is 5.33. The van der Waals surface area contributed by atoms with Crippen LogP contribution in [0.4, 0.5) is 16.0 Å². The first-order valence-corrected chi connectivity index (χ1v) is 10.5. The van der Waals surface area contributed by atoms with Crippen LogP contribution in [0.2, 0.25) is 0 Å². The minimum atomic E-state index is -3.82. The lowest BCUT2D eigenvalue weighted by atomic mass is 10.0. The molecule has 1 aliphatic carbocycles. The van der Waals surface area contributed by atoms with Gasteiger partial charge in [0.1, 0.15) is 34.2 Å². The third-order valence-corrected chi connectivity index (χ3v) is 6.93. The largest absolute Gasteiger partial charge is 0.384 e. The van der Waals surface area contributed by atoms with Gasteiger partial charge in [0.2, 0.25) is 9.84 Å². The average Bonchev–Trinajstić information content (AvgIpc) is 2.99. The van der Waals surface area contributed by atoms with E-state index in [-0.39, 0.29) is 27.1 Å². The number of hydrogen-bond donors (Lipinski definition) is 2. The van der Waals surface area contributed by atoms with E-state index in [1.54, 1.807) is 12.2 Å². The number of allylic oxidation sites excluding steroid dienone is 3. The Labute approximate surface area is 157 Å². The summed E-state index contributed by atoms with van der Waals surface area (Å²) in [7, 11) is -3.82. The van der Waals surface area contributed by atoms with Crippen LogP contribution < -0.4 is 10.6 Å². The summed E-state index contributed by atoms with van der Waals surface area (Å²) >= 11 is 0. The third-order valence-electron chi connectivity index (χ3n) is 5.09. The molecular weight excluding hydrogens is 369 g/mol. The van der Waals surface area contributed by atoms with E-state index in [0.717, 1.165) is 6.42 Å². The highest BCUT2D eigenvalue weighted by Crippen LogP contribution is 2.37. The van der Waals surface area contributed by atoms with Gasteiger partial charge in [0.15, 0.2) is 5.82 Å². The van der Waals surface area contributed by atoms with Crippen molar-refractivity contribution in [1.82, 2.24) is 15.0 Å². The molecule has 2 aromatic rings. The summed E-state index contributed by atoms with van der Waals surface area (Å²) in [4.78, 5) is 13.6. The number of hydrogen-bond acceptors (Lipinski definition) is 6. The number of nitrogen functional groups attached to an aromatic ring is 1. The summed E-state index contributed by atoms with van der Waals surface area (Å²) in [5, 5.41) is 0. The minimum Gasteiger partial charge on any atom is -0.384 e. The molecule has 1 atom stereocenters. The Kier molecular flexibility index (Phi) is 4.41. The fraction of sp³-hybridized carbons (Fsp3) is 0.444. The summed E-state index contributed by atoms with van der Waals surface area (Å²) in [5.74, 6) is 0.736. The smallest absolute Gasteiger partial charge is 0.212 e. The van der Waals surface area contributed by atoms with Crippen LogP contribution in [0.5, 0.6) is 0 Å². The van der Waals surface area contributed by atoms with Gasteiger partial charge in [-0.3, -0.25) is 0 Å². The van der Waals surface area contributed by atoms with Crippen LogP contribution in [0.25, 0.3) is 11.0 Å². The molecule has 1 saturated heterocycles. The number of H-pyrrole nitrogens is 1. The molecule has 0 saturated carbocycles. The van der Waals surface area contributed by atoms with Gasteiger partial charge < -0.3 is 15.6 Å². The molecule has 27 heavy (non-hydrogen) atoms. The average molecular weight is 391 g/mol. The van der Waals surface area contributed by atoms with Gasteiger partial charge in [0, 0.05) is 13.1 Å². The van der Waals surface area contributed by atoms with Crippen LogP contribution >= 0.6 is 0 Å². The molecule has 1 unspecified atom stereocenters. The monoisotopic (exact) mass is 391 g/mol. The number of halogens is 1. The number of aromatic nitrogens is 3. The molecule has 0 bridgehead atoms. The van der Waals surface area contributed by atoms with E-state index in [1.807, 2.05) is 17.9 Å². The lowest BCUT2D eigenvalue weighted by Gasteiger charge is -2.29. The second-order valence-electron chi connectivity index (χ2n) is 7.14. The van der Waals surface area contributed by atoms with Crippen molar-refractivity contribution in [3.63, 3.8) is 0 Å². The van der Waals surface area contributed by atoms with Crippen LogP contribution in [0.1, 0.15) is 26.2 Å². The number of nitrogens with one attached hydrogen (secondary N) is 1. The van der Waals surface area contributed by atoms with Crippen molar-refractivity contribution in [2.45, 2.75) is 37.3 Å². The van der Waals surface area contributed by atoms with E-state index in [0.29, 0.717) is 37.3 Å². The molecule has 3 heterocycles. The van der Waals surface area contributed by atoms with Crippen molar-refractivity contribution in [3.8, 4) is 0 Å². The second-order valence-corrected chi connectivity index (χ2v) is 9.02. The molecule has 4 rings (SSSR count). The van der Waals surface area contributed by atoms with Crippen LogP contribution in [0, 0.1) is 5.92 Å². The normalized spacial score (nSPS) is 21.6. The van der Waals surface area contributed by atoms with E-state index < -0.39 is 16.0 Å². The highest BCUT2D eigenvalue weighted by Gasteiger charge is 2.31. The molecule has 0 amide bonds. The molecule has 2 aromatic heterocycles. The highest BCUT2D eigenvalue weighted by atomic mass is 32.2. The number of sulfone groups is 1. The molecule has 0 spiro atoms. The van der Waals surface area contributed by atoms with Gasteiger partial charge in [-0.25, -0.2) is 22.8 Å². The Balaban J connectivity index is 1.83. The van der Waals surface area contributed by atoms with E-state index in [4.69, 9.17) is 5.73 Å². The summed E-state index contributed by atoms with van der Waals surface area (Å²) in [6, 6.07) is 0. The van der Waals surface area contributed by atoms with Crippen LogP contribution in [0.15, 0.2) is 34.4 Å².